The van der Waals surface area contributed by atoms with Gasteiger partial charge in [0.15, 0.2) is 0 Å². The standard InChI is InChI=1S/C13H30N2S/c1-7-13(10-16-6)15(5)9-12(4)8-14-11(2)3/h11-14H,7-10H2,1-6H3. The highest BCUT2D eigenvalue weighted by molar-refractivity contribution is 7.98. The van der Waals surface area contributed by atoms with Gasteiger partial charge in [0.05, 0.1) is 0 Å². The lowest BCUT2D eigenvalue weighted by atomic mass is 10.1. The van der Waals surface area contributed by atoms with Crippen LogP contribution in [0, 0.1) is 5.92 Å². The summed E-state index contributed by atoms with van der Waals surface area (Å²) in [5.74, 6) is 1.97. The molecule has 2 nitrogen and oxygen atoms in total. The topological polar surface area (TPSA) is 15.3 Å². The molecule has 0 aliphatic carbocycles. The molecule has 98 valence electrons. The monoisotopic (exact) mass is 246 g/mol. The molecule has 0 fully saturated rings. The zero-order chi connectivity index (χ0) is 12.6. The van der Waals surface area contributed by atoms with Crippen LogP contribution in [0.2, 0.25) is 0 Å². The molecule has 0 saturated carbocycles. The van der Waals surface area contributed by atoms with Crippen molar-refractivity contribution in [3.63, 3.8) is 0 Å². The van der Waals surface area contributed by atoms with Gasteiger partial charge in [0.2, 0.25) is 0 Å². The van der Waals surface area contributed by atoms with E-state index in [0.29, 0.717) is 6.04 Å². The van der Waals surface area contributed by atoms with E-state index in [-0.39, 0.29) is 0 Å². The number of hydrogen-bond donors (Lipinski definition) is 1. The summed E-state index contributed by atoms with van der Waals surface area (Å²) in [4.78, 5) is 2.52. The van der Waals surface area contributed by atoms with E-state index >= 15 is 0 Å². The molecule has 0 aromatic carbocycles. The van der Waals surface area contributed by atoms with Gasteiger partial charge < -0.3 is 10.2 Å². The van der Waals surface area contributed by atoms with Gasteiger partial charge in [0, 0.05) is 24.4 Å². The third kappa shape index (κ3) is 7.53. The lowest BCUT2D eigenvalue weighted by molar-refractivity contribution is 0.219. The first-order valence-corrected chi connectivity index (χ1v) is 7.83. The molecule has 0 aliphatic heterocycles. The molecule has 0 spiro atoms. The molecule has 0 amide bonds. The Bertz CT molecular complexity index is 162. The van der Waals surface area contributed by atoms with Crippen molar-refractivity contribution in [1.29, 1.82) is 0 Å². The third-order valence-electron chi connectivity index (χ3n) is 2.93. The van der Waals surface area contributed by atoms with Crippen LogP contribution in [0.5, 0.6) is 0 Å². The predicted molar refractivity (Wildman–Crippen MR) is 77.4 cm³/mol. The average Bonchev–Trinajstić information content (AvgIpc) is 2.22. The van der Waals surface area contributed by atoms with E-state index < -0.39 is 0 Å². The summed E-state index contributed by atoms with van der Waals surface area (Å²) in [6.45, 7) is 11.3. The average molecular weight is 246 g/mol. The first kappa shape index (κ1) is 16.3. The van der Waals surface area contributed by atoms with Crippen LogP contribution in [0.25, 0.3) is 0 Å². The molecule has 3 heteroatoms. The number of rotatable bonds is 9. The van der Waals surface area contributed by atoms with Gasteiger partial charge in [-0.3, -0.25) is 0 Å². The van der Waals surface area contributed by atoms with Gasteiger partial charge in [-0.1, -0.05) is 27.7 Å². The minimum Gasteiger partial charge on any atom is -0.314 e. The van der Waals surface area contributed by atoms with Crippen LogP contribution in [0.4, 0.5) is 0 Å². The molecule has 0 saturated heterocycles. The molecule has 0 aromatic heterocycles. The second kappa shape index (κ2) is 9.32. The van der Waals surface area contributed by atoms with Crippen LogP contribution >= 0.6 is 11.8 Å². The van der Waals surface area contributed by atoms with Gasteiger partial charge in [0.1, 0.15) is 0 Å². The summed E-state index contributed by atoms with van der Waals surface area (Å²) in [5.41, 5.74) is 0. The number of thioether (sulfide) groups is 1. The normalized spacial score (nSPS) is 15.8. The Morgan fingerprint density at radius 3 is 2.31 bits per heavy atom. The molecule has 0 radical (unpaired) electrons. The van der Waals surface area contributed by atoms with Gasteiger partial charge in [-0.25, -0.2) is 0 Å². The molecule has 0 aromatic rings. The van der Waals surface area contributed by atoms with Gasteiger partial charge in [-0.2, -0.15) is 11.8 Å². The number of nitrogens with zero attached hydrogens (tertiary/aromatic N) is 1. The van der Waals surface area contributed by atoms with E-state index in [4.69, 9.17) is 0 Å². The molecule has 0 aliphatic rings. The first-order valence-electron chi connectivity index (χ1n) is 6.43. The van der Waals surface area contributed by atoms with Gasteiger partial charge in [-0.15, -0.1) is 0 Å². The molecule has 2 atom stereocenters. The van der Waals surface area contributed by atoms with Crippen molar-refractivity contribution < 1.29 is 0 Å². The SMILES string of the molecule is CCC(CSC)N(C)CC(C)CNC(C)C. The third-order valence-corrected chi connectivity index (χ3v) is 3.65. The number of hydrogen-bond acceptors (Lipinski definition) is 3. The van der Waals surface area contributed by atoms with Crippen molar-refractivity contribution in [2.45, 2.75) is 46.2 Å². The van der Waals surface area contributed by atoms with Gasteiger partial charge in [-0.05, 0) is 32.2 Å². The fourth-order valence-corrected chi connectivity index (χ4v) is 2.77. The van der Waals surface area contributed by atoms with Crippen LogP contribution in [0.1, 0.15) is 34.1 Å². The van der Waals surface area contributed by atoms with Crippen molar-refractivity contribution in [3.8, 4) is 0 Å². The summed E-state index contributed by atoms with van der Waals surface area (Å²) in [6, 6.07) is 1.33. The second-order valence-corrected chi connectivity index (χ2v) is 6.04. The molecular formula is C13H30N2S. The Hall–Kier alpha value is 0.270. The van der Waals surface area contributed by atoms with Crippen LogP contribution in [-0.4, -0.2) is 49.1 Å². The van der Waals surface area contributed by atoms with E-state index in [1.54, 1.807) is 0 Å². The lowest BCUT2D eigenvalue weighted by Crippen LogP contribution is -2.39. The van der Waals surface area contributed by atoms with E-state index in [1.165, 1.54) is 18.7 Å². The Morgan fingerprint density at radius 1 is 1.25 bits per heavy atom. The van der Waals surface area contributed by atoms with Crippen molar-refractivity contribution in [3.05, 3.63) is 0 Å². The number of nitrogens with one attached hydrogen (secondary N) is 1. The summed E-state index contributed by atoms with van der Waals surface area (Å²) in [6.07, 6.45) is 3.45. The largest absolute Gasteiger partial charge is 0.314 e. The lowest BCUT2D eigenvalue weighted by Gasteiger charge is -2.29. The summed E-state index contributed by atoms with van der Waals surface area (Å²) < 4.78 is 0. The Labute approximate surface area is 107 Å². The fraction of sp³-hybridized carbons (Fsp3) is 1.00. The Balaban J connectivity index is 3.86. The molecule has 0 rings (SSSR count). The van der Waals surface area contributed by atoms with Crippen molar-refractivity contribution in [2.24, 2.45) is 5.92 Å². The summed E-state index contributed by atoms with van der Waals surface area (Å²) in [5, 5.41) is 3.51. The van der Waals surface area contributed by atoms with Crippen LogP contribution < -0.4 is 5.32 Å². The van der Waals surface area contributed by atoms with Crippen LogP contribution in [-0.2, 0) is 0 Å². The highest BCUT2D eigenvalue weighted by Crippen LogP contribution is 2.10. The first-order chi connectivity index (χ1) is 7.51. The maximum Gasteiger partial charge on any atom is 0.0180 e. The molecular weight excluding hydrogens is 216 g/mol. The van der Waals surface area contributed by atoms with Crippen molar-refractivity contribution >= 4 is 11.8 Å². The molecule has 16 heavy (non-hydrogen) atoms. The summed E-state index contributed by atoms with van der Waals surface area (Å²) in [7, 11) is 2.26. The zero-order valence-electron chi connectivity index (χ0n) is 11.9. The zero-order valence-corrected chi connectivity index (χ0v) is 12.7. The maximum atomic E-state index is 3.51. The molecule has 1 N–H and O–H groups in total. The molecule has 0 bridgehead atoms. The molecule has 0 heterocycles. The van der Waals surface area contributed by atoms with Crippen LogP contribution in [0.3, 0.4) is 0 Å². The Kier molecular flexibility index (Phi) is 9.47. The quantitative estimate of drug-likeness (QED) is 0.673. The minimum atomic E-state index is 0.598. The highest BCUT2D eigenvalue weighted by Gasteiger charge is 2.14. The van der Waals surface area contributed by atoms with Crippen LogP contribution in [0.15, 0.2) is 0 Å². The van der Waals surface area contributed by atoms with E-state index in [9.17, 15) is 0 Å². The van der Waals surface area contributed by atoms with Gasteiger partial charge >= 0.3 is 0 Å². The summed E-state index contributed by atoms with van der Waals surface area (Å²) >= 11 is 1.95. The highest BCUT2D eigenvalue weighted by atomic mass is 32.2. The maximum absolute atomic E-state index is 3.51. The fourth-order valence-electron chi connectivity index (χ4n) is 1.89. The van der Waals surface area contributed by atoms with E-state index in [0.717, 1.165) is 18.5 Å². The smallest absolute Gasteiger partial charge is 0.0180 e. The van der Waals surface area contributed by atoms with E-state index in [2.05, 4.69) is 51.2 Å². The van der Waals surface area contributed by atoms with Gasteiger partial charge in [0.25, 0.3) is 0 Å². The van der Waals surface area contributed by atoms with E-state index in [1.807, 2.05) is 11.8 Å². The predicted octanol–water partition coefficient (Wildman–Crippen LogP) is 2.69. The minimum absolute atomic E-state index is 0.598. The second-order valence-electron chi connectivity index (χ2n) is 5.13. The van der Waals surface area contributed by atoms with Crippen molar-refractivity contribution in [1.82, 2.24) is 10.2 Å². The molecule has 2 unspecified atom stereocenters. The Morgan fingerprint density at radius 2 is 1.88 bits per heavy atom. The van der Waals surface area contributed by atoms with Crippen molar-refractivity contribution in [2.75, 3.05) is 32.1 Å².